The Hall–Kier alpha value is -3.02. The minimum Gasteiger partial charge on any atom is -0.508 e. The predicted octanol–water partition coefficient (Wildman–Crippen LogP) is 4.92. The largest absolute Gasteiger partial charge is 0.508 e. The van der Waals surface area contributed by atoms with Crippen molar-refractivity contribution in [3.8, 4) is 11.5 Å². The average molecular weight is 366 g/mol. The number of non-ortho nitro benzene ring substituents is 1. The number of hydrogen-bond donors (Lipinski definition) is 2. The van der Waals surface area contributed by atoms with Gasteiger partial charge in [0.15, 0.2) is 0 Å². The zero-order chi connectivity index (χ0) is 19.0. The van der Waals surface area contributed by atoms with Crippen LogP contribution in [0.4, 0.5) is 11.4 Å². The molecular formula is C21H22N2O4. The second kappa shape index (κ2) is 6.95. The van der Waals surface area contributed by atoms with Crippen molar-refractivity contribution in [1.29, 1.82) is 0 Å². The molecular weight excluding hydrogens is 344 g/mol. The molecule has 27 heavy (non-hydrogen) atoms. The number of allylic oxidation sites excluding steroid dienone is 2. The smallest absolute Gasteiger partial charge is 0.270 e. The van der Waals surface area contributed by atoms with Gasteiger partial charge in [-0.3, -0.25) is 10.1 Å². The maximum Gasteiger partial charge on any atom is 0.270 e. The summed E-state index contributed by atoms with van der Waals surface area (Å²) in [7, 11) is 0. The van der Waals surface area contributed by atoms with Crippen molar-refractivity contribution in [2.45, 2.75) is 31.7 Å². The number of nitro groups is 1. The van der Waals surface area contributed by atoms with Gasteiger partial charge in [-0.15, -0.1) is 0 Å². The number of phenols is 1. The van der Waals surface area contributed by atoms with E-state index in [1.165, 1.54) is 23.8 Å². The van der Waals surface area contributed by atoms with Crippen LogP contribution in [-0.4, -0.2) is 16.6 Å². The standard InChI is InChI=1S/C21H22N2O4/c1-2-10-27-14-7-8-19-17(12-14)15-4-3-5-16(15)21(22-19)18-11-13(23(25)26)6-9-20(18)24/h3-4,6-9,11-12,15-16,21-22,24H,2,5,10H2,1H3. The number of fused-ring (bicyclic) bond motifs is 3. The molecule has 2 aromatic carbocycles. The molecule has 0 radical (unpaired) electrons. The van der Waals surface area contributed by atoms with Crippen LogP contribution in [0.15, 0.2) is 48.6 Å². The summed E-state index contributed by atoms with van der Waals surface area (Å²) in [6, 6.07) is 10.0. The molecule has 2 N–H and O–H groups in total. The van der Waals surface area contributed by atoms with Crippen molar-refractivity contribution in [3.63, 3.8) is 0 Å². The minimum atomic E-state index is -0.429. The number of anilines is 1. The molecule has 0 saturated carbocycles. The van der Waals surface area contributed by atoms with Gasteiger partial charge in [-0.2, -0.15) is 0 Å². The van der Waals surface area contributed by atoms with E-state index in [2.05, 4.69) is 30.5 Å². The molecule has 1 heterocycles. The van der Waals surface area contributed by atoms with Crippen molar-refractivity contribution in [1.82, 2.24) is 0 Å². The Labute approximate surface area is 157 Å². The van der Waals surface area contributed by atoms with Crippen LogP contribution >= 0.6 is 0 Å². The highest BCUT2D eigenvalue weighted by molar-refractivity contribution is 5.63. The Bertz CT molecular complexity index is 909. The van der Waals surface area contributed by atoms with Crippen molar-refractivity contribution in [2.75, 3.05) is 11.9 Å². The van der Waals surface area contributed by atoms with Crippen LogP contribution in [0.1, 0.15) is 42.9 Å². The van der Waals surface area contributed by atoms with E-state index in [1.54, 1.807) is 0 Å². The third-order valence-corrected chi connectivity index (χ3v) is 5.36. The van der Waals surface area contributed by atoms with Gasteiger partial charge in [0.05, 0.1) is 17.6 Å². The molecule has 1 aliphatic carbocycles. The lowest BCUT2D eigenvalue weighted by molar-refractivity contribution is -0.385. The quantitative estimate of drug-likeness (QED) is 0.446. The predicted molar refractivity (Wildman–Crippen MR) is 103 cm³/mol. The lowest BCUT2D eigenvalue weighted by Gasteiger charge is -2.37. The van der Waals surface area contributed by atoms with Crippen molar-refractivity contribution >= 4 is 11.4 Å². The van der Waals surface area contributed by atoms with Crippen LogP contribution in [0.3, 0.4) is 0 Å². The van der Waals surface area contributed by atoms with Crippen LogP contribution in [0.5, 0.6) is 11.5 Å². The molecule has 3 unspecified atom stereocenters. The van der Waals surface area contributed by atoms with Gasteiger partial charge in [0, 0.05) is 29.3 Å². The second-order valence-corrected chi connectivity index (χ2v) is 7.07. The van der Waals surface area contributed by atoms with Gasteiger partial charge in [0.1, 0.15) is 11.5 Å². The number of benzene rings is 2. The molecule has 0 fully saturated rings. The molecule has 0 bridgehead atoms. The lowest BCUT2D eigenvalue weighted by Crippen LogP contribution is -2.29. The van der Waals surface area contributed by atoms with E-state index in [-0.39, 0.29) is 29.3 Å². The zero-order valence-electron chi connectivity index (χ0n) is 15.1. The van der Waals surface area contributed by atoms with Crippen molar-refractivity contribution < 1.29 is 14.8 Å². The average Bonchev–Trinajstić information content (AvgIpc) is 3.16. The third-order valence-electron chi connectivity index (χ3n) is 5.36. The minimum absolute atomic E-state index is 0.0128. The first kappa shape index (κ1) is 17.4. The maximum absolute atomic E-state index is 11.2. The SMILES string of the molecule is CCCOc1ccc2c(c1)C1C=CCC1C(c1cc([N+](=O)[O-])ccc1O)N2. The first-order valence-electron chi connectivity index (χ1n) is 9.25. The fourth-order valence-corrected chi connectivity index (χ4v) is 4.09. The molecule has 0 saturated heterocycles. The first-order valence-corrected chi connectivity index (χ1v) is 9.25. The number of nitro benzene ring substituents is 1. The molecule has 4 rings (SSSR count). The Kier molecular flexibility index (Phi) is 4.48. The van der Waals surface area contributed by atoms with E-state index >= 15 is 0 Å². The molecule has 0 spiro atoms. The van der Waals surface area contributed by atoms with Crippen molar-refractivity contribution in [3.05, 3.63) is 69.8 Å². The molecule has 1 aliphatic heterocycles. The van der Waals surface area contributed by atoms with Gasteiger partial charge in [-0.25, -0.2) is 0 Å². The number of phenolic OH excluding ortho intramolecular Hbond substituents is 1. The highest BCUT2D eigenvalue weighted by Gasteiger charge is 2.39. The van der Waals surface area contributed by atoms with Gasteiger partial charge in [0.25, 0.3) is 5.69 Å². The first-order chi connectivity index (χ1) is 13.1. The highest BCUT2D eigenvalue weighted by Crippen LogP contribution is 2.52. The van der Waals surface area contributed by atoms with Gasteiger partial charge in [0.2, 0.25) is 0 Å². The molecule has 0 aromatic heterocycles. The summed E-state index contributed by atoms with van der Waals surface area (Å²) >= 11 is 0. The molecule has 0 amide bonds. The van der Waals surface area contributed by atoms with Crippen LogP contribution in [0.25, 0.3) is 0 Å². The van der Waals surface area contributed by atoms with Crippen LogP contribution in [0.2, 0.25) is 0 Å². The fourth-order valence-electron chi connectivity index (χ4n) is 4.09. The summed E-state index contributed by atoms with van der Waals surface area (Å²) in [4.78, 5) is 10.7. The van der Waals surface area contributed by atoms with Gasteiger partial charge in [-0.1, -0.05) is 19.1 Å². The zero-order valence-corrected chi connectivity index (χ0v) is 15.1. The molecule has 6 heteroatoms. The number of rotatable bonds is 5. The van der Waals surface area contributed by atoms with E-state index in [4.69, 9.17) is 4.74 Å². The summed E-state index contributed by atoms with van der Waals surface area (Å²) in [6.07, 6.45) is 6.14. The summed E-state index contributed by atoms with van der Waals surface area (Å²) < 4.78 is 5.78. The Balaban J connectivity index is 1.72. The molecule has 3 atom stereocenters. The third kappa shape index (κ3) is 3.12. The van der Waals surface area contributed by atoms with Crippen LogP contribution in [0, 0.1) is 16.0 Å². The number of aromatic hydroxyl groups is 1. The van der Waals surface area contributed by atoms with E-state index in [9.17, 15) is 15.2 Å². The van der Waals surface area contributed by atoms with E-state index < -0.39 is 4.92 Å². The molecule has 2 aliphatic rings. The Morgan fingerprint density at radius 1 is 1.26 bits per heavy atom. The number of nitrogens with one attached hydrogen (secondary N) is 1. The Morgan fingerprint density at radius 2 is 2.11 bits per heavy atom. The Morgan fingerprint density at radius 3 is 2.89 bits per heavy atom. The van der Waals surface area contributed by atoms with Gasteiger partial charge in [-0.05, 0) is 48.6 Å². The summed E-state index contributed by atoms with van der Waals surface area (Å²) in [5.74, 6) is 1.31. The summed E-state index contributed by atoms with van der Waals surface area (Å²) in [5.41, 5.74) is 2.70. The monoisotopic (exact) mass is 366 g/mol. The fraction of sp³-hybridized carbons (Fsp3) is 0.333. The normalized spacial score (nSPS) is 22.6. The van der Waals surface area contributed by atoms with Gasteiger partial charge < -0.3 is 15.2 Å². The lowest BCUT2D eigenvalue weighted by atomic mass is 9.76. The van der Waals surface area contributed by atoms with E-state index in [1.807, 2.05) is 12.1 Å². The van der Waals surface area contributed by atoms with E-state index in [0.717, 1.165) is 24.3 Å². The van der Waals surface area contributed by atoms with Crippen LogP contribution < -0.4 is 10.1 Å². The summed E-state index contributed by atoms with van der Waals surface area (Å²) in [6.45, 7) is 2.76. The topological polar surface area (TPSA) is 84.6 Å². The maximum atomic E-state index is 11.2. The van der Waals surface area contributed by atoms with E-state index in [0.29, 0.717) is 12.2 Å². The molecule has 2 aromatic rings. The van der Waals surface area contributed by atoms with Crippen molar-refractivity contribution in [2.24, 2.45) is 5.92 Å². The summed E-state index contributed by atoms with van der Waals surface area (Å²) in [5, 5.41) is 25.0. The number of nitrogens with zero attached hydrogens (tertiary/aromatic N) is 1. The van der Waals surface area contributed by atoms with Crippen LogP contribution in [-0.2, 0) is 0 Å². The molecule has 140 valence electrons. The second-order valence-electron chi connectivity index (χ2n) is 7.07. The van der Waals surface area contributed by atoms with Gasteiger partial charge >= 0.3 is 0 Å². The number of ether oxygens (including phenoxy) is 1. The molecule has 6 nitrogen and oxygen atoms in total. The number of hydrogen-bond acceptors (Lipinski definition) is 5. The highest BCUT2D eigenvalue weighted by atomic mass is 16.6.